The fourth-order valence-electron chi connectivity index (χ4n) is 1.98. The molecular weight excluding hydrogens is 290 g/mol. The lowest BCUT2D eigenvalue weighted by Gasteiger charge is -2.01. The van der Waals surface area contributed by atoms with Crippen molar-refractivity contribution in [2.75, 3.05) is 0 Å². The minimum atomic E-state index is 0.742. The van der Waals surface area contributed by atoms with E-state index in [4.69, 9.17) is 11.6 Å². The van der Waals surface area contributed by atoms with Gasteiger partial charge >= 0.3 is 0 Å². The van der Waals surface area contributed by atoms with Gasteiger partial charge in [-0.2, -0.15) is 5.10 Å². The van der Waals surface area contributed by atoms with Crippen LogP contribution in [0.15, 0.2) is 36.7 Å². The summed E-state index contributed by atoms with van der Waals surface area (Å²) in [7, 11) is 0. The number of nitrogens with one attached hydrogen (secondary N) is 1. The highest BCUT2D eigenvalue weighted by Gasteiger charge is 2.17. The van der Waals surface area contributed by atoms with Gasteiger partial charge in [-0.25, -0.2) is 0 Å². The molecular formula is C15H10ClN3S. The van der Waals surface area contributed by atoms with Crippen molar-refractivity contribution in [1.82, 2.24) is 15.2 Å². The molecule has 0 aliphatic carbocycles. The van der Waals surface area contributed by atoms with Crippen LogP contribution < -0.4 is 0 Å². The highest BCUT2D eigenvalue weighted by atomic mass is 35.5. The van der Waals surface area contributed by atoms with Crippen molar-refractivity contribution in [3.05, 3.63) is 46.7 Å². The second-order valence-corrected chi connectivity index (χ2v) is 5.75. The number of hydrogen-bond acceptors (Lipinski definition) is 3. The summed E-state index contributed by atoms with van der Waals surface area (Å²) in [6.07, 6.45) is 3.52. The average molecular weight is 300 g/mol. The largest absolute Gasteiger partial charge is 0.269 e. The van der Waals surface area contributed by atoms with Gasteiger partial charge in [0.2, 0.25) is 0 Å². The molecule has 3 rings (SSSR count). The molecule has 3 aromatic rings. The summed E-state index contributed by atoms with van der Waals surface area (Å²) in [6.45, 7) is 1.80. The number of aromatic amines is 1. The van der Waals surface area contributed by atoms with E-state index in [9.17, 15) is 0 Å². The molecule has 3 heterocycles. The molecule has 5 heteroatoms. The van der Waals surface area contributed by atoms with Gasteiger partial charge in [0.15, 0.2) is 0 Å². The highest BCUT2D eigenvalue weighted by molar-refractivity contribution is 7.19. The molecule has 0 aliphatic heterocycles. The van der Waals surface area contributed by atoms with Gasteiger partial charge in [0.05, 0.1) is 9.21 Å². The molecule has 0 aromatic carbocycles. The summed E-state index contributed by atoms with van der Waals surface area (Å²) in [4.78, 5) is 5.07. The lowest BCUT2D eigenvalue weighted by Crippen LogP contribution is -1.83. The second-order valence-electron chi connectivity index (χ2n) is 4.04. The van der Waals surface area contributed by atoms with E-state index in [1.54, 1.807) is 19.3 Å². The van der Waals surface area contributed by atoms with Crippen molar-refractivity contribution in [3.8, 4) is 33.5 Å². The number of halogens is 1. The van der Waals surface area contributed by atoms with Crippen LogP contribution in [0.3, 0.4) is 0 Å². The van der Waals surface area contributed by atoms with Crippen molar-refractivity contribution in [3.63, 3.8) is 0 Å². The summed E-state index contributed by atoms with van der Waals surface area (Å²) in [5.74, 6) is 5.96. The quantitative estimate of drug-likeness (QED) is 0.720. The molecule has 0 amide bonds. The molecule has 3 nitrogen and oxygen atoms in total. The Balaban J connectivity index is 2.23. The Hall–Kier alpha value is -2.09. The molecule has 0 fully saturated rings. The lowest BCUT2D eigenvalue weighted by molar-refractivity contribution is 1.08. The van der Waals surface area contributed by atoms with E-state index in [2.05, 4.69) is 27.0 Å². The molecule has 98 valence electrons. The summed E-state index contributed by atoms with van der Waals surface area (Å²) < 4.78 is 0.742. The van der Waals surface area contributed by atoms with Gasteiger partial charge in [-0.1, -0.05) is 17.5 Å². The molecule has 0 saturated heterocycles. The minimum Gasteiger partial charge on any atom is -0.269 e. The summed E-state index contributed by atoms with van der Waals surface area (Å²) in [5.41, 5.74) is 3.69. The lowest BCUT2D eigenvalue weighted by atomic mass is 10.0. The van der Waals surface area contributed by atoms with E-state index < -0.39 is 0 Å². The third-order valence-electron chi connectivity index (χ3n) is 2.79. The number of H-pyrrole nitrogens is 1. The van der Waals surface area contributed by atoms with Crippen LogP contribution >= 0.6 is 22.9 Å². The van der Waals surface area contributed by atoms with Gasteiger partial charge in [0.1, 0.15) is 11.4 Å². The number of rotatable bonds is 2. The van der Waals surface area contributed by atoms with E-state index in [1.165, 1.54) is 11.3 Å². The zero-order valence-corrected chi connectivity index (χ0v) is 12.2. The van der Waals surface area contributed by atoms with Gasteiger partial charge in [0.25, 0.3) is 0 Å². The van der Waals surface area contributed by atoms with E-state index in [0.29, 0.717) is 0 Å². The second kappa shape index (κ2) is 5.49. The van der Waals surface area contributed by atoms with Crippen LogP contribution in [0, 0.1) is 11.8 Å². The Morgan fingerprint density at radius 1 is 1.20 bits per heavy atom. The van der Waals surface area contributed by atoms with Gasteiger partial charge < -0.3 is 0 Å². The van der Waals surface area contributed by atoms with Crippen LogP contribution in [0.1, 0.15) is 12.6 Å². The maximum absolute atomic E-state index is 6.02. The highest BCUT2D eigenvalue weighted by Crippen LogP contribution is 2.37. The topological polar surface area (TPSA) is 41.6 Å². The summed E-state index contributed by atoms with van der Waals surface area (Å²) >= 11 is 7.52. The van der Waals surface area contributed by atoms with Crippen molar-refractivity contribution in [1.29, 1.82) is 0 Å². The fourth-order valence-corrected chi connectivity index (χ4v) is 3.02. The van der Waals surface area contributed by atoms with E-state index in [1.807, 2.05) is 24.3 Å². The van der Waals surface area contributed by atoms with Crippen molar-refractivity contribution >= 4 is 22.9 Å². The smallest absolute Gasteiger partial charge is 0.116 e. The first-order valence-electron chi connectivity index (χ1n) is 5.97. The van der Waals surface area contributed by atoms with Crippen LogP contribution in [0.25, 0.3) is 21.7 Å². The fraction of sp³-hybridized carbons (Fsp3) is 0.0667. The first-order chi connectivity index (χ1) is 9.79. The molecule has 0 radical (unpaired) electrons. The minimum absolute atomic E-state index is 0.742. The van der Waals surface area contributed by atoms with Gasteiger partial charge in [-0.05, 0) is 42.7 Å². The van der Waals surface area contributed by atoms with Crippen LogP contribution in [0.5, 0.6) is 0 Å². The molecule has 1 N–H and O–H groups in total. The molecule has 3 aromatic heterocycles. The zero-order valence-electron chi connectivity index (χ0n) is 10.6. The number of aromatic nitrogens is 3. The Bertz CT molecular complexity index is 793. The standard InChI is InChI=1S/C15H10ClN3S/c1-2-3-11-14(10-6-8-17-9-7-10)15(19-18-11)12-4-5-13(16)20-12/h4-9H,1H3,(H,18,19). The number of thiophene rings is 1. The molecule has 0 saturated carbocycles. The third kappa shape index (κ3) is 2.34. The number of hydrogen-bond donors (Lipinski definition) is 1. The molecule has 20 heavy (non-hydrogen) atoms. The summed E-state index contributed by atoms with van der Waals surface area (Å²) in [5, 5.41) is 7.40. The van der Waals surface area contributed by atoms with Crippen LogP contribution in [0.2, 0.25) is 4.34 Å². The van der Waals surface area contributed by atoms with Crippen molar-refractivity contribution in [2.24, 2.45) is 0 Å². The van der Waals surface area contributed by atoms with Gasteiger partial charge in [-0.15, -0.1) is 11.3 Å². The SMILES string of the molecule is CC#Cc1[nH]nc(-c2ccc(Cl)s2)c1-c1ccncc1. The predicted octanol–water partition coefficient (Wildman–Crippen LogP) is 4.23. The van der Waals surface area contributed by atoms with Crippen molar-refractivity contribution < 1.29 is 0 Å². The molecule has 0 unspecified atom stereocenters. The van der Waals surface area contributed by atoms with Crippen LogP contribution in [0.4, 0.5) is 0 Å². The Labute approximate surface area is 125 Å². The Morgan fingerprint density at radius 3 is 2.65 bits per heavy atom. The van der Waals surface area contributed by atoms with Crippen LogP contribution in [-0.4, -0.2) is 15.2 Å². The molecule has 0 bridgehead atoms. The monoisotopic (exact) mass is 299 g/mol. The molecule has 0 spiro atoms. The number of nitrogens with zero attached hydrogens (tertiary/aromatic N) is 2. The molecule has 0 atom stereocenters. The maximum Gasteiger partial charge on any atom is 0.116 e. The summed E-state index contributed by atoms with van der Waals surface area (Å²) in [6, 6.07) is 7.74. The van der Waals surface area contributed by atoms with Gasteiger partial charge in [-0.3, -0.25) is 10.1 Å². The van der Waals surface area contributed by atoms with E-state index >= 15 is 0 Å². The normalized spacial score (nSPS) is 10.1. The predicted molar refractivity (Wildman–Crippen MR) is 82.7 cm³/mol. The van der Waals surface area contributed by atoms with E-state index in [0.717, 1.165) is 31.7 Å². The average Bonchev–Trinajstić information content (AvgIpc) is 3.06. The first-order valence-corrected chi connectivity index (χ1v) is 7.16. The third-order valence-corrected chi connectivity index (χ3v) is 4.03. The van der Waals surface area contributed by atoms with E-state index in [-0.39, 0.29) is 0 Å². The first kappa shape index (κ1) is 12.9. The Morgan fingerprint density at radius 2 is 2.00 bits per heavy atom. The maximum atomic E-state index is 6.02. The Kier molecular flexibility index (Phi) is 3.55. The number of pyridine rings is 1. The van der Waals surface area contributed by atoms with Crippen LogP contribution in [-0.2, 0) is 0 Å². The zero-order chi connectivity index (χ0) is 13.9. The molecule has 0 aliphatic rings. The van der Waals surface area contributed by atoms with Gasteiger partial charge in [0, 0.05) is 18.0 Å². The van der Waals surface area contributed by atoms with Crippen molar-refractivity contribution in [2.45, 2.75) is 6.92 Å².